The molecule has 0 amide bonds. The van der Waals surface area contributed by atoms with Gasteiger partial charge in [0.05, 0.1) is 6.61 Å². The summed E-state index contributed by atoms with van der Waals surface area (Å²) in [4.78, 5) is 3.77. The molecule has 0 aliphatic carbocycles. The quantitative estimate of drug-likeness (QED) is 0.460. The Balaban J connectivity index is 2.59. The highest BCUT2D eigenvalue weighted by Crippen LogP contribution is 1.86. The second-order valence-electron chi connectivity index (χ2n) is 1.71. The minimum atomic E-state index is 0.111. The summed E-state index contributed by atoms with van der Waals surface area (Å²) in [7, 11) is 0. The normalized spacial score (nSPS) is 9.30. The van der Waals surface area contributed by atoms with Crippen LogP contribution in [0.4, 0.5) is 0 Å². The average Bonchev–Trinajstić information content (AvgIpc) is 2.38. The molecule has 1 aromatic heterocycles. The van der Waals surface area contributed by atoms with Gasteiger partial charge in [0, 0.05) is 12.4 Å². The van der Waals surface area contributed by atoms with Crippen LogP contribution in [0.15, 0.2) is 18.7 Å². The summed E-state index contributed by atoms with van der Waals surface area (Å²) in [5.41, 5.74) is 0. The predicted octanol–water partition coefficient (Wildman–Crippen LogP) is 0.702. The SMILES string of the molecule is CCOC(=N)n1ccnc1. The Hall–Kier alpha value is -1.32. The zero-order valence-corrected chi connectivity index (χ0v) is 5.74. The molecule has 0 aliphatic rings. The first-order valence-electron chi connectivity index (χ1n) is 3.04. The number of aromatic nitrogens is 2. The first-order chi connectivity index (χ1) is 4.84. The largest absolute Gasteiger partial charge is 0.465 e. The Kier molecular flexibility index (Phi) is 2.04. The molecule has 0 unspecified atom stereocenters. The second kappa shape index (κ2) is 3.00. The Labute approximate surface area is 59.0 Å². The Morgan fingerprint density at radius 3 is 3.10 bits per heavy atom. The van der Waals surface area contributed by atoms with E-state index in [4.69, 9.17) is 10.1 Å². The number of ether oxygens (including phenoxy) is 1. The topological polar surface area (TPSA) is 50.9 Å². The van der Waals surface area contributed by atoms with E-state index in [0.717, 1.165) is 0 Å². The van der Waals surface area contributed by atoms with Gasteiger partial charge in [0.15, 0.2) is 0 Å². The van der Waals surface area contributed by atoms with Crippen molar-refractivity contribution in [2.75, 3.05) is 6.61 Å². The first-order valence-corrected chi connectivity index (χ1v) is 3.04. The lowest BCUT2D eigenvalue weighted by Gasteiger charge is -2.02. The average molecular weight is 139 g/mol. The Morgan fingerprint density at radius 1 is 1.80 bits per heavy atom. The van der Waals surface area contributed by atoms with E-state index >= 15 is 0 Å². The van der Waals surface area contributed by atoms with Crippen molar-refractivity contribution < 1.29 is 4.74 Å². The number of hydrogen-bond donors (Lipinski definition) is 1. The highest BCUT2D eigenvalue weighted by atomic mass is 16.5. The highest BCUT2D eigenvalue weighted by molar-refractivity contribution is 5.72. The zero-order chi connectivity index (χ0) is 7.40. The number of nitrogens with zero attached hydrogens (tertiary/aromatic N) is 2. The number of hydrogen-bond acceptors (Lipinski definition) is 3. The van der Waals surface area contributed by atoms with Crippen LogP contribution in [0.25, 0.3) is 0 Å². The molecule has 1 heterocycles. The van der Waals surface area contributed by atoms with Crippen LogP contribution in [-0.4, -0.2) is 22.2 Å². The van der Waals surface area contributed by atoms with Gasteiger partial charge in [-0.25, -0.2) is 4.98 Å². The lowest BCUT2D eigenvalue weighted by atomic mass is 10.8. The maximum atomic E-state index is 7.25. The molecule has 0 spiro atoms. The van der Waals surface area contributed by atoms with Crippen molar-refractivity contribution in [1.29, 1.82) is 5.41 Å². The lowest BCUT2D eigenvalue weighted by Crippen LogP contribution is -2.12. The number of nitrogens with one attached hydrogen (secondary N) is 1. The zero-order valence-electron chi connectivity index (χ0n) is 5.74. The minimum Gasteiger partial charge on any atom is -0.465 e. The molecule has 4 nitrogen and oxygen atoms in total. The summed E-state index contributed by atoms with van der Waals surface area (Å²) in [6, 6.07) is 0.111. The molecule has 0 saturated heterocycles. The Bertz CT molecular complexity index is 205. The van der Waals surface area contributed by atoms with Gasteiger partial charge in [-0.1, -0.05) is 0 Å². The van der Waals surface area contributed by atoms with Gasteiger partial charge in [0.1, 0.15) is 6.33 Å². The molecule has 1 N–H and O–H groups in total. The Morgan fingerprint density at radius 2 is 2.60 bits per heavy atom. The van der Waals surface area contributed by atoms with Gasteiger partial charge in [0.25, 0.3) is 6.02 Å². The fourth-order valence-electron chi connectivity index (χ4n) is 0.591. The second-order valence-corrected chi connectivity index (χ2v) is 1.71. The smallest absolute Gasteiger partial charge is 0.294 e. The first kappa shape index (κ1) is 6.80. The van der Waals surface area contributed by atoms with Crippen LogP contribution in [-0.2, 0) is 4.74 Å². The molecular formula is C6H9N3O. The lowest BCUT2D eigenvalue weighted by molar-refractivity contribution is 0.309. The molecule has 0 aromatic carbocycles. The standard InChI is InChI=1S/C6H9N3O/c1-2-10-6(7)9-4-3-8-5-9/h3-5,7H,2H2,1H3. The maximum absolute atomic E-state index is 7.25. The van der Waals surface area contributed by atoms with Crippen molar-refractivity contribution in [3.63, 3.8) is 0 Å². The van der Waals surface area contributed by atoms with E-state index in [1.165, 1.54) is 10.9 Å². The molecule has 0 fully saturated rings. The third-order valence-corrected chi connectivity index (χ3v) is 1.02. The van der Waals surface area contributed by atoms with E-state index in [2.05, 4.69) is 4.98 Å². The third-order valence-electron chi connectivity index (χ3n) is 1.02. The molecule has 1 rings (SSSR count). The van der Waals surface area contributed by atoms with Crippen molar-refractivity contribution in [3.05, 3.63) is 18.7 Å². The van der Waals surface area contributed by atoms with Crippen molar-refractivity contribution in [1.82, 2.24) is 9.55 Å². The molecular weight excluding hydrogens is 130 g/mol. The van der Waals surface area contributed by atoms with Gasteiger partial charge in [-0.05, 0) is 6.92 Å². The van der Waals surface area contributed by atoms with Crippen molar-refractivity contribution in [2.45, 2.75) is 6.92 Å². The van der Waals surface area contributed by atoms with Crippen molar-refractivity contribution in [2.24, 2.45) is 0 Å². The molecule has 1 aromatic rings. The summed E-state index contributed by atoms with van der Waals surface area (Å²) in [5, 5.41) is 7.25. The monoisotopic (exact) mass is 139 g/mol. The summed E-state index contributed by atoms with van der Waals surface area (Å²) >= 11 is 0. The van der Waals surface area contributed by atoms with Gasteiger partial charge >= 0.3 is 0 Å². The third kappa shape index (κ3) is 1.34. The predicted molar refractivity (Wildman–Crippen MR) is 37.0 cm³/mol. The molecule has 54 valence electrons. The highest BCUT2D eigenvalue weighted by Gasteiger charge is 1.95. The van der Waals surface area contributed by atoms with Crippen molar-refractivity contribution >= 4 is 6.02 Å². The molecule has 4 heteroatoms. The van der Waals surface area contributed by atoms with E-state index in [0.29, 0.717) is 6.61 Å². The molecule has 0 aliphatic heterocycles. The van der Waals surface area contributed by atoms with E-state index in [9.17, 15) is 0 Å². The fraction of sp³-hybridized carbons (Fsp3) is 0.333. The molecule has 10 heavy (non-hydrogen) atoms. The summed E-state index contributed by atoms with van der Waals surface area (Å²) in [6.07, 6.45) is 4.80. The van der Waals surface area contributed by atoms with E-state index in [-0.39, 0.29) is 6.02 Å². The van der Waals surface area contributed by atoms with Gasteiger partial charge in [-0.15, -0.1) is 0 Å². The molecule has 0 atom stereocenters. The summed E-state index contributed by atoms with van der Waals surface area (Å²) in [5.74, 6) is 0. The molecule has 0 saturated carbocycles. The van der Waals surface area contributed by atoms with Gasteiger partial charge in [-0.3, -0.25) is 9.98 Å². The number of imidazole rings is 1. The van der Waals surface area contributed by atoms with Crippen LogP contribution < -0.4 is 0 Å². The van der Waals surface area contributed by atoms with Gasteiger partial charge in [-0.2, -0.15) is 0 Å². The van der Waals surface area contributed by atoms with Crippen molar-refractivity contribution in [3.8, 4) is 0 Å². The van der Waals surface area contributed by atoms with Crippen LogP contribution in [0.3, 0.4) is 0 Å². The fourth-order valence-corrected chi connectivity index (χ4v) is 0.591. The summed E-state index contributed by atoms with van der Waals surface area (Å²) < 4.78 is 6.40. The summed E-state index contributed by atoms with van der Waals surface area (Å²) in [6.45, 7) is 2.35. The number of rotatable bonds is 1. The van der Waals surface area contributed by atoms with E-state index in [1.807, 2.05) is 6.92 Å². The van der Waals surface area contributed by atoms with Crippen LogP contribution in [0, 0.1) is 5.41 Å². The minimum absolute atomic E-state index is 0.111. The molecule has 0 bridgehead atoms. The molecule has 0 radical (unpaired) electrons. The van der Waals surface area contributed by atoms with Gasteiger partial charge in [0.2, 0.25) is 0 Å². The maximum Gasteiger partial charge on any atom is 0.294 e. The van der Waals surface area contributed by atoms with Gasteiger partial charge < -0.3 is 4.74 Å². The van der Waals surface area contributed by atoms with Crippen LogP contribution in [0.1, 0.15) is 6.92 Å². The van der Waals surface area contributed by atoms with E-state index in [1.54, 1.807) is 12.4 Å². The van der Waals surface area contributed by atoms with Crippen LogP contribution in [0.2, 0.25) is 0 Å². The van der Waals surface area contributed by atoms with E-state index < -0.39 is 0 Å². The van der Waals surface area contributed by atoms with Crippen LogP contribution >= 0.6 is 0 Å². The van der Waals surface area contributed by atoms with Crippen LogP contribution in [0.5, 0.6) is 0 Å².